The lowest BCUT2D eigenvalue weighted by Gasteiger charge is -2.16. The lowest BCUT2D eigenvalue weighted by Crippen LogP contribution is -2.44. The highest BCUT2D eigenvalue weighted by molar-refractivity contribution is 5.82. The molecule has 3 rings (SSSR count). The van der Waals surface area contributed by atoms with E-state index in [4.69, 9.17) is 21.3 Å². The first-order chi connectivity index (χ1) is 13.0. The normalized spacial score (nSPS) is 13.2. The average molecular weight is 368 g/mol. The summed E-state index contributed by atoms with van der Waals surface area (Å²) in [6, 6.07) is 14.6. The minimum absolute atomic E-state index is 0.0918. The van der Waals surface area contributed by atoms with Crippen LogP contribution in [-0.4, -0.2) is 42.3 Å². The highest BCUT2D eigenvalue weighted by Crippen LogP contribution is 2.44. The van der Waals surface area contributed by atoms with Gasteiger partial charge in [-0.1, -0.05) is 48.5 Å². The SMILES string of the molecule is NC(N)=NCC(NC(=O)OCC1c2ccccc2-c2ccccc21)C(=O)O. The van der Waals surface area contributed by atoms with Crippen LogP contribution in [0.3, 0.4) is 0 Å². The van der Waals surface area contributed by atoms with Crippen LogP contribution < -0.4 is 16.8 Å². The highest BCUT2D eigenvalue weighted by atomic mass is 16.5. The number of carbonyl (C=O) groups is 2. The average Bonchev–Trinajstić information content (AvgIpc) is 2.97. The Morgan fingerprint density at radius 2 is 1.63 bits per heavy atom. The molecule has 0 saturated carbocycles. The summed E-state index contributed by atoms with van der Waals surface area (Å²) < 4.78 is 5.30. The van der Waals surface area contributed by atoms with E-state index in [9.17, 15) is 9.59 Å². The first kappa shape index (κ1) is 18.2. The van der Waals surface area contributed by atoms with Gasteiger partial charge in [-0.15, -0.1) is 0 Å². The van der Waals surface area contributed by atoms with Crippen molar-refractivity contribution >= 4 is 18.0 Å². The van der Waals surface area contributed by atoms with Gasteiger partial charge in [0.05, 0.1) is 6.54 Å². The van der Waals surface area contributed by atoms with Gasteiger partial charge in [0.15, 0.2) is 5.96 Å². The molecule has 6 N–H and O–H groups in total. The molecule has 1 amide bonds. The number of benzene rings is 2. The second kappa shape index (κ2) is 7.77. The smallest absolute Gasteiger partial charge is 0.407 e. The lowest BCUT2D eigenvalue weighted by atomic mass is 9.98. The van der Waals surface area contributed by atoms with E-state index in [2.05, 4.69) is 10.3 Å². The molecule has 2 aromatic rings. The Bertz CT molecular complexity index is 847. The molecule has 27 heavy (non-hydrogen) atoms. The van der Waals surface area contributed by atoms with E-state index >= 15 is 0 Å². The fourth-order valence-corrected chi connectivity index (χ4v) is 3.16. The number of nitrogens with one attached hydrogen (secondary N) is 1. The number of hydrogen-bond donors (Lipinski definition) is 4. The largest absolute Gasteiger partial charge is 0.480 e. The molecule has 0 saturated heterocycles. The number of carboxylic acids is 1. The first-order valence-corrected chi connectivity index (χ1v) is 8.37. The number of rotatable bonds is 6. The van der Waals surface area contributed by atoms with Crippen molar-refractivity contribution in [3.63, 3.8) is 0 Å². The van der Waals surface area contributed by atoms with E-state index in [1.165, 1.54) is 0 Å². The standard InChI is InChI=1S/C19H20N4O4/c20-18(21)22-9-16(17(24)25)23-19(26)27-10-15-13-7-3-1-5-11(13)12-6-2-4-8-14(12)15/h1-8,15-16H,9-10H2,(H,23,26)(H,24,25)(H4,20,21,22). The van der Waals surface area contributed by atoms with Gasteiger partial charge in [0.1, 0.15) is 12.6 Å². The second-order valence-electron chi connectivity index (χ2n) is 6.13. The van der Waals surface area contributed by atoms with Crippen molar-refractivity contribution in [2.75, 3.05) is 13.2 Å². The van der Waals surface area contributed by atoms with Gasteiger partial charge in [-0.25, -0.2) is 9.59 Å². The molecule has 1 aliphatic rings. The monoisotopic (exact) mass is 368 g/mol. The molecule has 0 radical (unpaired) electrons. The third-order valence-electron chi connectivity index (χ3n) is 4.39. The maximum atomic E-state index is 12.1. The van der Waals surface area contributed by atoms with Crippen molar-refractivity contribution in [2.24, 2.45) is 16.5 Å². The Labute approximate surface area is 155 Å². The summed E-state index contributed by atoms with van der Waals surface area (Å²) in [5, 5.41) is 11.4. The Morgan fingerprint density at radius 3 is 2.15 bits per heavy atom. The Balaban J connectivity index is 1.68. The number of aliphatic imine (C=N–C) groups is 1. The van der Waals surface area contributed by atoms with Gasteiger partial charge in [0, 0.05) is 5.92 Å². The zero-order valence-corrected chi connectivity index (χ0v) is 14.5. The number of amides is 1. The zero-order chi connectivity index (χ0) is 19.4. The van der Waals surface area contributed by atoms with E-state index in [1.807, 2.05) is 48.5 Å². The summed E-state index contributed by atoms with van der Waals surface area (Å²) in [5.41, 5.74) is 14.8. The summed E-state index contributed by atoms with van der Waals surface area (Å²) in [6.07, 6.45) is -0.838. The summed E-state index contributed by atoms with van der Waals surface area (Å²) in [6.45, 7) is -0.184. The minimum Gasteiger partial charge on any atom is -0.480 e. The van der Waals surface area contributed by atoms with Gasteiger partial charge in [-0.3, -0.25) is 4.99 Å². The molecule has 0 heterocycles. The van der Waals surface area contributed by atoms with Crippen LogP contribution in [0.2, 0.25) is 0 Å². The number of aliphatic carboxylic acids is 1. The van der Waals surface area contributed by atoms with Crippen LogP contribution in [-0.2, 0) is 9.53 Å². The Hall–Kier alpha value is -3.55. The van der Waals surface area contributed by atoms with E-state index in [0.717, 1.165) is 22.3 Å². The summed E-state index contributed by atoms with van der Waals surface area (Å²) >= 11 is 0. The van der Waals surface area contributed by atoms with Gasteiger partial charge in [-0.05, 0) is 22.3 Å². The maximum absolute atomic E-state index is 12.1. The maximum Gasteiger partial charge on any atom is 0.407 e. The van der Waals surface area contributed by atoms with Crippen molar-refractivity contribution in [3.05, 3.63) is 59.7 Å². The van der Waals surface area contributed by atoms with Crippen LogP contribution in [0.25, 0.3) is 11.1 Å². The number of nitrogens with zero attached hydrogens (tertiary/aromatic N) is 1. The predicted octanol–water partition coefficient (Wildman–Crippen LogP) is 1.25. The predicted molar refractivity (Wildman–Crippen MR) is 100 cm³/mol. The molecular weight excluding hydrogens is 348 g/mol. The number of ether oxygens (including phenoxy) is 1. The number of carboxylic acid groups (broad SMARTS) is 1. The van der Waals surface area contributed by atoms with Crippen LogP contribution in [0.5, 0.6) is 0 Å². The second-order valence-corrected chi connectivity index (χ2v) is 6.13. The Kier molecular flexibility index (Phi) is 5.25. The third-order valence-corrected chi connectivity index (χ3v) is 4.39. The molecule has 1 unspecified atom stereocenters. The third kappa shape index (κ3) is 4.00. The molecule has 140 valence electrons. The fraction of sp³-hybridized carbons (Fsp3) is 0.211. The molecule has 0 aromatic heterocycles. The fourth-order valence-electron chi connectivity index (χ4n) is 3.16. The van der Waals surface area contributed by atoms with Gasteiger partial charge in [0.25, 0.3) is 0 Å². The Morgan fingerprint density at radius 1 is 1.07 bits per heavy atom. The molecule has 0 spiro atoms. The van der Waals surface area contributed by atoms with Crippen LogP contribution in [0.4, 0.5) is 4.79 Å². The quantitative estimate of drug-likeness (QED) is 0.447. The molecule has 0 bridgehead atoms. The molecule has 8 heteroatoms. The lowest BCUT2D eigenvalue weighted by molar-refractivity contribution is -0.139. The zero-order valence-electron chi connectivity index (χ0n) is 14.5. The van der Waals surface area contributed by atoms with E-state index in [-0.39, 0.29) is 25.0 Å². The molecular formula is C19H20N4O4. The molecule has 1 aliphatic carbocycles. The van der Waals surface area contributed by atoms with Gasteiger partial charge >= 0.3 is 12.1 Å². The number of fused-ring (bicyclic) bond motifs is 3. The first-order valence-electron chi connectivity index (χ1n) is 8.37. The van der Waals surface area contributed by atoms with Crippen LogP contribution in [0.15, 0.2) is 53.5 Å². The van der Waals surface area contributed by atoms with Crippen LogP contribution in [0.1, 0.15) is 17.0 Å². The van der Waals surface area contributed by atoms with Crippen molar-refractivity contribution < 1.29 is 19.4 Å². The number of carbonyl (C=O) groups excluding carboxylic acids is 1. The number of nitrogens with two attached hydrogens (primary N) is 2. The molecule has 1 atom stereocenters. The van der Waals surface area contributed by atoms with E-state index in [1.54, 1.807) is 0 Å². The number of hydrogen-bond acceptors (Lipinski definition) is 4. The summed E-state index contributed by atoms with van der Waals surface area (Å²) in [4.78, 5) is 26.9. The van der Waals surface area contributed by atoms with Crippen molar-refractivity contribution in [1.82, 2.24) is 5.32 Å². The minimum atomic E-state index is -1.28. The molecule has 0 aliphatic heterocycles. The van der Waals surface area contributed by atoms with Crippen molar-refractivity contribution in [3.8, 4) is 11.1 Å². The number of alkyl carbamates (subject to hydrolysis) is 1. The van der Waals surface area contributed by atoms with Crippen molar-refractivity contribution in [1.29, 1.82) is 0 Å². The van der Waals surface area contributed by atoms with Gasteiger partial charge in [-0.2, -0.15) is 0 Å². The topological polar surface area (TPSA) is 140 Å². The molecule has 2 aromatic carbocycles. The summed E-state index contributed by atoms with van der Waals surface area (Å²) in [5.74, 6) is -1.62. The highest BCUT2D eigenvalue weighted by Gasteiger charge is 2.29. The van der Waals surface area contributed by atoms with Gasteiger partial charge < -0.3 is 26.6 Å². The van der Waals surface area contributed by atoms with Crippen LogP contribution >= 0.6 is 0 Å². The molecule has 0 fully saturated rings. The van der Waals surface area contributed by atoms with E-state index in [0.29, 0.717) is 0 Å². The number of guanidine groups is 1. The van der Waals surface area contributed by atoms with Gasteiger partial charge in [0.2, 0.25) is 0 Å². The summed E-state index contributed by atoms with van der Waals surface area (Å²) in [7, 11) is 0. The molecule has 8 nitrogen and oxygen atoms in total. The van der Waals surface area contributed by atoms with E-state index < -0.39 is 18.1 Å². The van der Waals surface area contributed by atoms with Crippen molar-refractivity contribution in [2.45, 2.75) is 12.0 Å². The van der Waals surface area contributed by atoms with Crippen LogP contribution in [0, 0.1) is 0 Å².